The largest absolute Gasteiger partial charge is 0.493 e. The van der Waals surface area contributed by atoms with Crippen LogP contribution in [0.5, 0.6) is 11.5 Å². The van der Waals surface area contributed by atoms with Crippen LogP contribution in [0, 0.1) is 4.77 Å². The van der Waals surface area contributed by atoms with E-state index >= 15 is 0 Å². The summed E-state index contributed by atoms with van der Waals surface area (Å²) < 4.78 is 20.9. The van der Waals surface area contributed by atoms with E-state index in [1.54, 1.807) is 14.2 Å². The van der Waals surface area contributed by atoms with Gasteiger partial charge in [-0.05, 0) is 43.9 Å². The summed E-state index contributed by atoms with van der Waals surface area (Å²) in [5, 5.41) is 4.81. The van der Waals surface area contributed by atoms with Crippen molar-refractivity contribution in [2.45, 2.75) is 26.7 Å². The third kappa shape index (κ3) is 4.48. The Morgan fingerprint density at radius 2 is 1.89 bits per heavy atom. The first kappa shape index (κ1) is 20.6. The van der Waals surface area contributed by atoms with Crippen LogP contribution in [0.15, 0.2) is 18.2 Å². The minimum atomic E-state index is 0.609. The Bertz CT molecular complexity index is 845. The van der Waals surface area contributed by atoms with Crippen LogP contribution in [0.25, 0.3) is 0 Å². The van der Waals surface area contributed by atoms with Gasteiger partial charge in [0.05, 0.1) is 34.1 Å². The smallest absolute Gasteiger partial charge is 0.226 e. The van der Waals surface area contributed by atoms with Crippen molar-refractivity contribution in [1.82, 2.24) is 19.2 Å². The quantitative estimate of drug-likeness (QED) is 0.623. The Labute approximate surface area is 171 Å². The highest BCUT2D eigenvalue weighted by Crippen LogP contribution is 2.28. The molecule has 28 heavy (non-hydrogen) atoms. The van der Waals surface area contributed by atoms with E-state index in [2.05, 4.69) is 28.3 Å². The fourth-order valence-corrected chi connectivity index (χ4v) is 3.67. The standard InChI is InChI=1S/C19H29N5O3S/c1-5-23-18(22-8-10-27-11-9-22)20-24(19(23)28)14-21(2)13-15-6-7-16(25-3)17(12-15)26-4/h6-7,12H,5,8-11,13-14H2,1-4H3. The van der Waals surface area contributed by atoms with Crippen LogP contribution >= 0.6 is 12.2 Å². The lowest BCUT2D eigenvalue weighted by molar-refractivity contribution is 0.121. The molecule has 2 heterocycles. The number of benzene rings is 1. The second-order valence-corrected chi connectivity index (χ2v) is 7.14. The zero-order valence-electron chi connectivity index (χ0n) is 17.1. The van der Waals surface area contributed by atoms with Crippen molar-refractivity contribution < 1.29 is 14.2 Å². The number of aromatic nitrogens is 3. The first-order chi connectivity index (χ1) is 13.6. The molecule has 1 aromatic carbocycles. The van der Waals surface area contributed by atoms with Crippen molar-refractivity contribution in [3.05, 3.63) is 28.5 Å². The van der Waals surface area contributed by atoms with Crippen molar-refractivity contribution in [3.63, 3.8) is 0 Å². The van der Waals surface area contributed by atoms with Gasteiger partial charge in [0.1, 0.15) is 0 Å². The van der Waals surface area contributed by atoms with Crippen molar-refractivity contribution in [2.75, 3.05) is 52.5 Å². The lowest BCUT2D eigenvalue weighted by Crippen LogP contribution is -2.38. The lowest BCUT2D eigenvalue weighted by Gasteiger charge is -2.27. The zero-order chi connectivity index (χ0) is 20.1. The Hall–Kier alpha value is -2.10. The average molecular weight is 408 g/mol. The van der Waals surface area contributed by atoms with Crippen LogP contribution in [0.4, 0.5) is 5.95 Å². The molecule has 0 radical (unpaired) electrons. The van der Waals surface area contributed by atoms with E-state index in [4.69, 9.17) is 31.5 Å². The molecule has 2 aromatic rings. The van der Waals surface area contributed by atoms with Gasteiger partial charge in [0, 0.05) is 26.2 Å². The van der Waals surface area contributed by atoms with E-state index < -0.39 is 0 Å². The third-order valence-electron chi connectivity index (χ3n) is 4.79. The Morgan fingerprint density at radius 3 is 2.54 bits per heavy atom. The molecular weight excluding hydrogens is 378 g/mol. The first-order valence-electron chi connectivity index (χ1n) is 9.47. The Kier molecular flexibility index (Phi) is 6.93. The molecule has 1 aliphatic heterocycles. The molecule has 0 N–H and O–H groups in total. The fraction of sp³-hybridized carbons (Fsp3) is 0.579. The number of hydrogen-bond donors (Lipinski definition) is 0. The normalized spacial score (nSPS) is 14.5. The van der Waals surface area contributed by atoms with Crippen molar-refractivity contribution in [2.24, 2.45) is 0 Å². The minimum absolute atomic E-state index is 0.609. The number of hydrogen-bond acceptors (Lipinski definition) is 7. The molecule has 0 aliphatic carbocycles. The predicted molar refractivity (Wildman–Crippen MR) is 111 cm³/mol. The second kappa shape index (κ2) is 9.40. The summed E-state index contributed by atoms with van der Waals surface area (Å²) in [5.41, 5.74) is 1.13. The predicted octanol–water partition coefficient (Wildman–Crippen LogP) is 2.38. The molecule has 1 aromatic heterocycles. The van der Waals surface area contributed by atoms with Crippen LogP contribution in [-0.4, -0.2) is 66.8 Å². The second-order valence-electron chi connectivity index (χ2n) is 6.77. The molecule has 1 aliphatic rings. The summed E-state index contributed by atoms with van der Waals surface area (Å²) in [4.78, 5) is 4.42. The molecule has 0 spiro atoms. The van der Waals surface area contributed by atoms with Crippen LogP contribution in [0.2, 0.25) is 0 Å². The molecule has 9 heteroatoms. The van der Waals surface area contributed by atoms with Gasteiger partial charge in [-0.1, -0.05) is 6.07 Å². The number of nitrogens with zero attached hydrogens (tertiary/aromatic N) is 5. The Morgan fingerprint density at radius 1 is 1.18 bits per heavy atom. The highest BCUT2D eigenvalue weighted by atomic mass is 32.1. The van der Waals surface area contributed by atoms with Gasteiger partial charge in [-0.2, -0.15) is 0 Å². The first-order valence-corrected chi connectivity index (χ1v) is 9.88. The zero-order valence-corrected chi connectivity index (χ0v) is 17.9. The molecule has 1 saturated heterocycles. The van der Waals surface area contributed by atoms with Gasteiger partial charge in [0.15, 0.2) is 11.5 Å². The van der Waals surface area contributed by atoms with E-state index in [0.717, 1.165) is 67.2 Å². The molecule has 8 nitrogen and oxygen atoms in total. The Balaban J connectivity index is 1.74. The van der Waals surface area contributed by atoms with Crippen LogP contribution in [0.1, 0.15) is 12.5 Å². The van der Waals surface area contributed by atoms with Crippen LogP contribution in [0.3, 0.4) is 0 Å². The molecule has 1 fully saturated rings. The topological polar surface area (TPSA) is 56.9 Å². The maximum atomic E-state index is 5.68. The van der Waals surface area contributed by atoms with Crippen molar-refractivity contribution in [1.29, 1.82) is 0 Å². The monoisotopic (exact) mass is 407 g/mol. The van der Waals surface area contributed by atoms with E-state index in [9.17, 15) is 0 Å². The molecule has 0 atom stereocenters. The molecular formula is C19H29N5O3S. The van der Waals surface area contributed by atoms with Crippen molar-refractivity contribution in [3.8, 4) is 11.5 Å². The summed E-state index contributed by atoms with van der Waals surface area (Å²) in [6.45, 7) is 7.38. The number of methoxy groups -OCH3 is 2. The average Bonchev–Trinajstić information content (AvgIpc) is 3.03. The van der Waals surface area contributed by atoms with Gasteiger partial charge in [-0.25, -0.2) is 4.68 Å². The van der Waals surface area contributed by atoms with Crippen molar-refractivity contribution >= 4 is 18.2 Å². The van der Waals surface area contributed by atoms with E-state index in [1.165, 1.54) is 0 Å². The van der Waals surface area contributed by atoms with Crippen LogP contribution in [-0.2, 0) is 24.5 Å². The number of anilines is 1. The maximum Gasteiger partial charge on any atom is 0.226 e. The lowest BCUT2D eigenvalue weighted by atomic mass is 10.2. The number of morpholine rings is 1. The van der Waals surface area contributed by atoms with Gasteiger partial charge >= 0.3 is 0 Å². The van der Waals surface area contributed by atoms with E-state index in [1.807, 2.05) is 22.9 Å². The summed E-state index contributed by atoms with van der Waals surface area (Å²) in [7, 11) is 5.34. The molecule has 0 unspecified atom stereocenters. The van der Waals surface area contributed by atoms with Gasteiger partial charge in [0.2, 0.25) is 10.7 Å². The van der Waals surface area contributed by atoms with Gasteiger partial charge < -0.3 is 19.1 Å². The summed E-state index contributed by atoms with van der Waals surface area (Å²) in [5.74, 6) is 2.39. The minimum Gasteiger partial charge on any atom is -0.493 e. The molecule has 0 amide bonds. The van der Waals surface area contributed by atoms with Gasteiger partial charge in [0.25, 0.3) is 0 Å². The summed E-state index contributed by atoms with van der Waals surface area (Å²) in [6.07, 6.45) is 0. The van der Waals surface area contributed by atoms with Crippen LogP contribution < -0.4 is 14.4 Å². The highest BCUT2D eigenvalue weighted by Gasteiger charge is 2.19. The van der Waals surface area contributed by atoms with E-state index in [-0.39, 0.29) is 0 Å². The third-order valence-corrected chi connectivity index (χ3v) is 5.22. The molecule has 3 rings (SSSR count). The fourth-order valence-electron chi connectivity index (χ4n) is 3.37. The number of rotatable bonds is 8. The van der Waals surface area contributed by atoms with Gasteiger partial charge in [-0.3, -0.25) is 9.47 Å². The maximum absolute atomic E-state index is 5.68. The molecule has 0 saturated carbocycles. The SMILES string of the molecule is CCn1c(N2CCOCC2)nn(CN(C)Cc2ccc(OC)c(OC)c2)c1=S. The summed E-state index contributed by atoms with van der Waals surface area (Å²) >= 11 is 5.68. The summed E-state index contributed by atoms with van der Waals surface area (Å²) in [6, 6.07) is 5.97. The molecule has 154 valence electrons. The van der Waals surface area contributed by atoms with E-state index in [0.29, 0.717) is 6.67 Å². The number of ether oxygens (including phenoxy) is 3. The molecule has 0 bridgehead atoms. The highest BCUT2D eigenvalue weighted by molar-refractivity contribution is 7.71. The van der Waals surface area contributed by atoms with Gasteiger partial charge in [-0.15, -0.1) is 5.10 Å².